The molecule has 144 valence electrons. The summed E-state index contributed by atoms with van der Waals surface area (Å²) in [4.78, 5) is 26.2. The molecule has 0 saturated heterocycles. The highest BCUT2D eigenvalue weighted by Gasteiger charge is 2.17. The summed E-state index contributed by atoms with van der Waals surface area (Å²) < 4.78 is 10.4. The number of hydrogen-bond acceptors (Lipinski definition) is 4. The van der Waals surface area contributed by atoms with Crippen LogP contribution in [-0.2, 0) is 4.79 Å². The molecule has 0 aliphatic carbocycles. The van der Waals surface area contributed by atoms with Crippen LogP contribution in [0.4, 0.5) is 5.69 Å². The van der Waals surface area contributed by atoms with E-state index in [-0.39, 0.29) is 11.8 Å². The Kier molecular flexibility index (Phi) is 6.82. The molecule has 0 bridgehead atoms. The summed E-state index contributed by atoms with van der Waals surface area (Å²) in [6.07, 6.45) is 0. The molecule has 2 rings (SSSR count). The van der Waals surface area contributed by atoms with Crippen molar-refractivity contribution in [2.75, 3.05) is 32.2 Å². The van der Waals surface area contributed by atoms with E-state index < -0.39 is 0 Å². The van der Waals surface area contributed by atoms with Gasteiger partial charge in [-0.3, -0.25) is 9.59 Å². The van der Waals surface area contributed by atoms with Gasteiger partial charge in [0, 0.05) is 31.3 Å². The zero-order valence-electron chi connectivity index (χ0n) is 16.5. The van der Waals surface area contributed by atoms with E-state index in [0.29, 0.717) is 30.2 Å². The monoisotopic (exact) mass is 370 g/mol. The number of hydrogen-bond donors (Lipinski definition) is 1. The van der Waals surface area contributed by atoms with Gasteiger partial charge in [-0.2, -0.15) is 0 Å². The van der Waals surface area contributed by atoms with E-state index in [1.54, 1.807) is 30.2 Å². The molecule has 0 aliphatic rings. The number of carbonyl (C=O) groups is 2. The number of nitrogens with one attached hydrogen (secondary N) is 1. The summed E-state index contributed by atoms with van der Waals surface area (Å²) in [6.45, 7) is 6.20. The molecule has 0 heterocycles. The van der Waals surface area contributed by atoms with Gasteiger partial charge in [-0.1, -0.05) is 18.2 Å². The topological polar surface area (TPSA) is 67.9 Å². The maximum atomic E-state index is 12.4. The molecular formula is C21H26N2O4. The van der Waals surface area contributed by atoms with Gasteiger partial charge in [-0.05, 0) is 43.2 Å². The molecule has 6 nitrogen and oxygen atoms in total. The first-order valence-electron chi connectivity index (χ1n) is 8.73. The van der Waals surface area contributed by atoms with Gasteiger partial charge in [0.15, 0.2) is 11.5 Å². The molecule has 0 aliphatic heterocycles. The Labute approximate surface area is 160 Å². The summed E-state index contributed by atoms with van der Waals surface area (Å²) in [5.41, 5.74) is 3.41. The van der Waals surface area contributed by atoms with Crippen LogP contribution in [-0.4, -0.2) is 39.1 Å². The maximum absolute atomic E-state index is 12.4. The quantitative estimate of drug-likeness (QED) is 0.813. The van der Waals surface area contributed by atoms with E-state index in [2.05, 4.69) is 5.32 Å². The lowest BCUT2D eigenvalue weighted by molar-refractivity contribution is -0.116. The number of benzene rings is 2. The lowest BCUT2D eigenvalue weighted by Crippen LogP contribution is -2.38. The van der Waals surface area contributed by atoms with Crippen LogP contribution in [0.25, 0.3) is 0 Å². The summed E-state index contributed by atoms with van der Waals surface area (Å²) in [5.74, 6) is 0.756. The minimum atomic E-state index is -0.235. The Balaban J connectivity index is 2.07. The van der Waals surface area contributed by atoms with Crippen LogP contribution in [0.1, 0.15) is 28.4 Å². The smallest absolute Gasteiger partial charge is 0.251 e. The van der Waals surface area contributed by atoms with Crippen molar-refractivity contribution in [2.45, 2.75) is 20.8 Å². The molecule has 1 N–H and O–H groups in total. The van der Waals surface area contributed by atoms with E-state index in [4.69, 9.17) is 9.47 Å². The second kappa shape index (κ2) is 9.07. The molecule has 2 aromatic rings. The van der Waals surface area contributed by atoms with Crippen molar-refractivity contribution in [1.29, 1.82) is 0 Å². The molecule has 0 saturated carbocycles. The molecule has 2 amide bonds. The minimum absolute atomic E-state index is 0.0623. The number of nitrogens with zero attached hydrogens (tertiary/aromatic N) is 1. The standard InChI is InChI=1S/C21H26N2O4/c1-14-7-6-8-15(2)20(14)23(16(3)24)12-11-22-21(25)17-9-10-18(26-4)19(13-17)27-5/h6-10,13H,11-12H2,1-5H3,(H,22,25). The summed E-state index contributed by atoms with van der Waals surface area (Å²) in [7, 11) is 3.07. The number of ether oxygens (including phenoxy) is 2. The van der Waals surface area contributed by atoms with Crippen molar-refractivity contribution in [2.24, 2.45) is 0 Å². The van der Waals surface area contributed by atoms with Gasteiger partial charge in [-0.25, -0.2) is 0 Å². The predicted molar refractivity (Wildman–Crippen MR) is 106 cm³/mol. The largest absolute Gasteiger partial charge is 0.493 e. The number of para-hydroxylation sites is 1. The average Bonchev–Trinajstić information content (AvgIpc) is 2.65. The fourth-order valence-corrected chi connectivity index (χ4v) is 3.02. The third-order valence-electron chi connectivity index (χ3n) is 4.36. The van der Waals surface area contributed by atoms with Crippen LogP contribution in [0, 0.1) is 13.8 Å². The molecular weight excluding hydrogens is 344 g/mol. The third kappa shape index (κ3) is 4.78. The van der Waals surface area contributed by atoms with Crippen molar-refractivity contribution in [3.05, 3.63) is 53.1 Å². The number of anilines is 1. The summed E-state index contributed by atoms with van der Waals surface area (Å²) in [6, 6.07) is 10.9. The number of aryl methyl sites for hydroxylation is 2. The van der Waals surface area contributed by atoms with Gasteiger partial charge in [0.2, 0.25) is 5.91 Å². The zero-order chi connectivity index (χ0) is 20.0. The fraction of sp³-hybridized carbons (Fsp3) is 0.333. The second-order valence-corrected chi connectivity index (χ2v) is 6.24. The lowest BCUT2D eigenvalue weighted by Gasteiger charge is -2.25. The molecule has 0 atom stereocenters. The van der Waals surface area contributed by atoms with E-state index >= 15 is 0 Å². The first-order valence-corrected chi connectivity index (χ1v) is 8.73. The first-order chi connectivity index (χ1) is 12.9. The molecule has 2 aromatic carbocycles. The highest BCUT2D eigenvalue weighted by molar-refractivity contribution is 5.95. The van der Waals surface area contributed by atoms with Crippen LogP contribution in [0.15, 0.2) is 36.4 Å². The third-order valence-corrected chi connectivity index (χ3v) is 4.36. The second-order valence-electron chi connectivity index (χ2n) is 6.24. The van der Waals surface area contributed by atoms with Crippen molar-refractivity contribution in [3.63, 3.8) is 0 Å². The number of methoxy groups -OCH3 is 2. The molecule has 0 spiro atoms. The van der Waals surface area contributed by atoms with Gasteiger partial charge in [0.25, 0.3) is 5.91 Å². The van der Waals surface area contributed by atoms with E-state index in [9.17, 15) is 9.59 Å². The summed E-state index contributed by atoms with van der Waals surface area (Å²) >= 11 is 0. The van der Waals surface area contributed by atoms with E-state index in [1.165, 1.54) is 14.0 Å². The Morgan fingerprint density at radius 1 is 1.00 bits per heavy atom. The molecule has 0 unspecified atom stereocenters. The molecule has 0 radical (unpaired) electrons. The number of carbonyl (C=O) groups excluding carboxylic acids is 2. The van der Waals surface area contributed by atoms with Crippen LogP contribution in [0.2, 0.25) is 0 Å². The van der Waals surface area contributed by atoms with Crippen LogP contribution >= 0.6 is 0 Å². The molecule has 27 heavy (non-hydrogen) atoms. The normalized spacial score (nSPS) is 10.3. The van der Waals surface area contributed by atoms with Crippen molar-refractivity contribution in [1.82, 2.24) is 5.32 Å². The number of amides is 2. The summed E-state index contributed by atoms with van der Waals surface area (Å²) in [5, 5.41) is 2.85. The van der Waals surface area contributed by atoms with Gasteiger partial charge >= 0.3 is 0 Å². The Hall–Kier alpha value is -3.02. The molecule has 0 fully saturated rings. The van der Waals surface area contributed by atoms with Gasteiger partial charge in [0.1, 0.15) is 0 Å². The first kappa shape index (κ1) is 20.3. The Bertz CT molecular complexity index is 813. The molecule has 6 heteroatoms. The van der Waals surface area contributed by atoms with Crippen molar-refractivity contribution >= 4 is 17.5 Å². The fourth-order valence-electron chi connectivity index (χ4n) is 3.02. The van der Waals surface area contributed by atoms with Crippen molar-refractivity contribution < 1.29 is 19.1 Å². The van der Waals surface area contributed by atoms with Gasteiger partial charge in [0.05, 0.1) is 14.2 Å². The SMILES string of the molecule is COc1ccc(C(=O)NCCN(C(C)=O)c2c(C)cccc2C)cc1OC. The number of rotatable bonds is 7. The Morgan fingerprint density at radius 3 is 2.19 bits per heavy atom. The zero-order valence-corrected chi connectivity index (χ0v) is 16.5. The average molecular weight is 370 g/mol. The van der Waals surface area contributed by atoms with E-state index in [1.807, 2.05) is 32.0 Å². The van der Waals surface area contributed by atoms with Crippen LogP contribution < -0.4 is 19.7 Å². The maximum Gasteiger partial charge on any atom is 0.251 e. The van der Waals surface area contributed by atoms with Crippen LogP contribution in [0.5, 0.6) is 11.5 Å². The molecule has 0 aromatic heterocycles. The van der Waals surface area contributed by atoms with Gasteiger partial charge in [-0.15, -0.1) is 0 Å². The van der Waals surface area contributed by atoms with E-state index in [0.717, 1.165) is 16.8 Å². The van der Waals surface area contributed by atoms with Crippen molar-refractivity contribution in [3.8, 4) is 11.5 Å². The highest BCUT2D eigenvalue weighted by atomic mass is 16.5. The lowest BCUT2D eigenvalue weighted by atomic mass is 10.1. The highest BCUT2D eigenvalue weighted by Crippen LogP contribution is 2.27. The minimum Gasteiger partial charge on any atom is -0.493 e. The van der Waals surface area contributed by atoms with Crippen LogP contribution in [0.3, 0.4) is 0 Å². The Morgan fingerprint density at radius 2 is 1.63 bits per heavy atom. The van der Waals surface area contributed by atoms with Gasteiger partial charge < -0.3 is 19.7 Å². The predicted octanol–water partition coefficient (Wildman–Crippen LogP) is 3.10.